The predicted molar refractivity (Wildman–Crippen MR) is 137 cm³/mol. The van der Waals surface area contributed by atoms with Crippen molar-refractivity contribution in [3.05, 3.63) is 71.6 Å². The first-order valence-electron chi connectivity index (χ1n) is 12.2. The molecule has 2 amide bonds. The lowest BCUT2D eigenvalue weighted by molar-refractivity contribution is 0.0892. The normalized spacial score (nSPS) is 13.3. The maximum absolute atomic E-state index is 14.7. The van der Waals surface area contributed by atoms with Gasteiger partial charge in [0.05, 0.1) is 18.2 Å². The van der Waals surface area contributed by atoms with Gasteiger partial charge in [0.2, 0.25) is 0 Å². The lowest BCUT2D eigenvalue weighted by atomic mass is 9.84. The number of alkyl halides is 1. The molecule has 7 nitrogen and oxygen atoms in total. The van der Waals surface area contributed by atoms with Gasteiger partial charge in [0.1, 0.15) is 18.3 Å². The molecule has 2 atom stereocenters. The quantitative estimate of drug-likeness (QED) is 0.433. The molecule has 200 valence electrons. The summed E-state index contributed by atoms with van der Waals surface area (Å²) in [6.07, 6.45) is 0.237. The Hall–Kier alpha value is -3.40. The zero-order valence-electron chi connectivity index (χ0n) is 22.0. The van der Waals surface area contributed by atoms with E-state index in [1.54, 1.807) is 23.7 Å². The fraction of sp³-hybridized carbons (Fsp3) is 0.444. The topological polar surface area (TPSA) is 80.3 Å². The Bertz CT molecular complexity index is 1190. The van der Waals surface area contributed by atoms with Crippen molar-refractivity contribution in [1.29, 1.82) is 0 Å². The number of rotatable bonds is 9. The maximum Gasteiger partial charge on any atom is 0.320 e. The second-order valence-electron chi connectivity index (χ2n) is 10.4. The van der Waals surface area contributed by atoms with Crippen LogP contribution < -0.4 is 5.73 Å². The van der Waals surface area contributed by atoms with Gasteiger partial charge >= 0.3 is 6.03 Å². The number of hydrogen-bond donors (Lipinski definition) is 1. The molecule has 0 aliphatic heterocycles. The summed E-state index contributed by atoms with van der Waals surface area (Å²) >= 11 is 0. The fourth-order valence-corrected chi connectivity index (χ4v) is 4.18. The summed E-state index contributed by atoms with van der Waals surface area (Å²) in [4.78, 5) is 21.1. The van der Waals surface area contributed by atoms with Gasteiger partial charge in [-0.15, -0.1) is 0 Å². The van der Waals surface area contributed by atoms with Crippen molar-refractivity contribution in [3.63, 3.8) is 0 Å². The Balaban J connectivity index is 2.21. The molecule has 10 heteroatoms. The molecular weight excluding hydrogens is 481 g/mol. The van der Waals surface area contributed by atoms with Crippen LogP contribution in [-0.4, -0.2) is 64.0 Å². The lowest BCUT2D eigenvalue weighted by Crippen LogP contribution is -2.48. The Morgan fingerprint density at radius 1 is 1.11 bits per heavy atom. The van der Waals surface area contributed by atoms with Gasteiger partial charge in [0.25, 0.3) is 0 Å². The molecule has 2 aromatic carbocycles. The van der Waals surface area contributed by atoms with Crippen LogP contribution in [0.1, 0.15) is 44.6 Å². The lowest BCUT2D eigenvalue weighted by Gasteiger charge is -2.41. The summed E-state index contributed by atoms with van der Waals surface area (Å²) < 4.78 is 43.6. The average Bonchev–Trinajstić information content (AvgIpc) is 3.24. The van der Waals surface area contributed by atoms with Crippen LogP contribution in [0.2, 0.25) is 0 Å². The molecule has 0 bridgehead atoms. The van der Waals surface area contributed by atoms with Crippen LogP contribution in [0.3, 0.4) is 0 Å². The first kappa shape index (κ1) is 28.2. The highest BCUT2D eigenvalue weighted by atomic mass is 19.1. The van der Waals surface area contributed by atoms with Crippen molar-refractivity contribution in [2.75, 3.05) is 27.3 Å². The smallest absolute Gasteiger partial charge is 0.320 e. The molecule has 0 spiro atoms. The molecule has 1 aromatic heterocycles. The van der Waals surface area contributed by atoms with Gasteiger partial charge in [-0.1, -0.05) is 51.1 Å². The third kappa shape index (κ3) is 6.88. The summed E-state index contributed by atoms with van der Waals surface area (Å²) in [5.41, 5.74) is 6.12. The maximum atomic E-state index is 14.7. The summed E-state index contributed by atoms with van der Waals surface area (Å²) in [6, 6.07) is 11.0. The van der Waals surface area contributed by atoms with Gasteiger partial charge in [0, 0.05) is 26.7 Å². The van der Waals surface area contributed by atoms with Gasteiger partial charge in [-0.25, -0.2) is 27.6 Å². The van der Waals surface area contributed by atoms with Crippen LogP contribution in [0.5, 0.6) is 0 Å². The summed E-state index contributed by atoms with van der Waals surface area (Å²) in [5, 5.41) is 4.57. The van der Waals surface area contributed by atoms with Crippen LogP contribution in [0, 0.1) is 17.0 Å². The number of amides is 2. The summed E-state index contributed by atoms with van der Waals surface area (Å²) in [5.74, 6) is -0.865. The highest BCUT2D eigenvalue weighted by molar-refractivity contribution is 5.74. The molecule has 3 rings (SSSR count). The molecule has 0 saturated heterocycles. The number of aromatic nitrogens is 3. The number of nitrogens with zero attached hydrogens (tertiary/aromatic N) is 5. The van der Waals surface area contributed by atoms with E-state index < -0.39 is 35.8 Å². The molecular formula is C27H35F3N6O. The standard InChI is InChI=1S/C27H35F3N6O/c1-27(2,3)23(35(26(37)34(4)5)14-13-20(31)16-28)25-32-24(21-15-19(29)11-12-22(21)30)33-36(25)17-18-9-7-6-8-10-18/h6-12,15,20,23H,13-14,16-17,31H2,1-5H3/t20-,23?/m0/s1. The van der Waals surface area contributed by atoms with Crippen LogP contribution >= 0.6 is 0 Å². The Kier molecular flexibility index (Phi) is 8.96. The van der Waals surface area contributed by atoms with Crippen molar-refractivity contribution in [2.45, 2.75) is 45.8 Å². The fourth-order valence-electron chi connectivity index (χ4n) is 4.18. The van der Waals surface area contributed by atoms with Crippen LogP contribution in [0.4, 0.5) is 18.0 Å². The van der Waals surface area contributed by atoms with E-state index in [2.05, 4.69) is 10.1 Å². The SMILES string of the molecule is CN(C)C(=O)N(CC[C@H](N)CF)C(c1nc(-c2cc(F)ccc2F)nn1Cc1ccccc1)C(C)(C)C. The molecule has 0 radical (unpaired) electrons. The number of carbonyl (C=O) groups excluding carboxylic acids is 1. The van der Waals surface area contributed by atoms with E-state index >= 15 is 0 Å². The van der Waals surface area contributed by atoms with Crippen molar-refractivity contribution < 1.29 is 18.0 Å². The number of carbonyl (C=O) groups is 1. The molecule has 0 saturated carbocycles. The first-order valence-corrected chi connectivity index (χ1v) is 12.2. The number of hydrogen-bond acceptors (Lipinski definition) is 4. The highest BCUT2D eigenvalue weighted by Gasteiger charge is 2.39. The predicted octanol–water partition coefficient (Wildman–Crippen LogP) is 5.03. The third-order valence-corrected chi connectivity index (χ3v) is 5.99. The second-order valence-corrected chi connectivity index (χ2v) is 10.4. The Labute approximate surface area is 216 Å². The molecule has 1 unspecified atom stereocenters. The van der Waals surface area contributed by atoms with E-state index in [1.807, 2.05) is 51.1 Å². The zero-order chi connectivity index (χ0) is 27.3. The second kappa shape index (κ2) is 11.8. The van der Waals surface area contributed by atoms with Crippen molar-refractivity contribution >= 4 is 6.03 Å². The van der Waals surface area contributed by atoms with Gasteiger partial charge < -0.3 is 15.5 Å². The highest BCUT2D eigenvalue weighted by Crippen LogP contribution is 2.39. The van der Waals surface area contributed by atoms with Crippen LogP contribution in [0.25, 0.3) is 11.4 Å². The summed E-state index contributed by atoms with van der Waals surface area (Å²) in [7, 11) is 3.26. The monoisotopic (exact) mass is 516 g/mol. The molecule has 3 aromatic rings. The molecule has 0 aliphatic carbocycles. The van der Waals surface area contributed by atoms with E-state index in [0.29, 0.717) is 12.4 Å². The van der Waals surface area contributed by atoms with Gasteiger partial charge in [-0.2, -0.15) is 5.10 Å². The molecule has 0 aliphatic rings. The van der Waals surface area contributed by atoms with Crippen LogP contribution in [-0.2, 0) is 6.54 Å². The minimum absolute atomic E-state index is 0.00916. The van der Waals surface area contributed by atoms with Crippen LogP contribution in [0.15, 0.2) is 48.5 Å². The Morgan fingerprint density at radius 3 is 2.38 bits per heavy atom. The molecule has 1 heterocycles. The molecule has 2 N–H and O–H groups in total. The zero-order valence-corrected chi connectivity index (χ0v) is 22.0. The van der Waals surface area contributed by atoms with Gasteiger partial charge in [0.15, 0.2) is 11.6 Å². The van der Waals surface area contributed by atoms with E-state index in [-0.39, 0.29) is 30.4 Å². The van der Waals surface area contributed by atoms with E-state index in [4.69, 9.17) is 5.73 Å². The Morgan fingerprint density at radius 2 is 1.78 bits per heavy atom. The van der Waals surface area contributed by atoms with Crippen molar-refractivity contribution in [1.82, 2.24) is 24.6 Å². The van der Waals surface area contributed by atoms with Crippen molar-refractivity contribution in [3.8, 4) is 11.4 Å². The van der Waals surface area contributed by atoms with Gasteiger partial charge in [-0.05, 0) is 35.6 Å². The molecule has 37 heavy (non-hydrogen) atoms. The van der Waals surface area contributed by atoms with E-state index in [9.17, 15) is 18.0 Å². The number of nitrogens with two attached hydrogens (primary N) is 1. The average molecular weight is 517 g/mol. The van der Waals surface area contributed by atoms with E-state index in [1.165, 1.54) is 4.90 Å². The minimum Gasteiger partial charge on any atom is -0.331 e. The molecule has 0 fully saturated rings. The summed E-state index contributed by atoms with van der Waals surface area (Å²) in [6.45, 7) is 5.61. The minimum atomic E-state index is -0.725. The number of benzene rings is 2. The third-order valence-electron chi connectivity index (χ3n) is 5.99. The van der Waals surface area contributed by atoms with Gasteiger partial charge in [-0.3, -0.25) is 0 Å². The van der Waals surface area contributed by atoms with E-state index in [0.717, 1.165) is 23.8 Å². The number of urea groups is 1. The largest absolute Gasteiger partial charge is 0.331 e. The first-order chi connectivity index (χ1) is 17.4. The van der Waals surface area contributed by atoms with Crippen molar-refractivity contribution in [2.24, 2.45) is 11.1 Å². The number of halogens is 3.